The number of para-hydroxylation sites is 1. The maximum atomic E-state index is 13.2. The third-order valence-corrected chi connectivity index (χ3v) is 4.87. The van der Waals surface area contributed by atoms with Crippen LogP contribution >= 0.6 is 12.2 Å². The molecule has 0 radical (unpaired) electrons. The number of carbonyl (C=O) groups is 1. The zero-order chi connectivity index (χ0) is 20.4. The van der Waals surface area contributed by atoms with E-state index < -0.39 is 12.0 Å². The molecule has 0 aliphatic carbocycles. The van der Waals surface area contributed by atoms with Crippen molar-refractivity contribution in [3.8, 4) is 0 Å². The average molecular weight is 406 g/mol. The molecule has 2 N–H and O–H groups in total. The standard InChI is InChI=1S/C22H18N2O4S/c1-2-27-21(26)17-18(13-8-4-3-5-9-13)23-22(29)24-19(17)15-12-28-16-11-7-6-10-14(16)20(15)25/h3-12,19H,2H2,1H3,(H2,23,24,29). The number of nitrogens with one attached hydrogen (secondary N) is 2. The van der Waals surface area contributed by atoms with Crippen molar-refractivity contribution in [2.24, 2.45) is 0 Å². The Morgan fingerprint density at radius 3 is 2.62 bits per heavy atom. The van der Waals surface area contributed by atoms with E-state index in [0.717, 1.165) is 5.56 Å². The molecule has 2 heterocycles. The van der Waals surface area contributed by atoms with Crippen LogP contribution in [0.5, 0.6) is 0 Å². The van der Waals surface area contributed by atoms with Gasteiger partial charge in [0, 0.05) is 0 Å². The highest BCUT2D eigenvalue weighted by Gasteiger charge is 2.35. The van der Waals surface area contributed by atoms with Crippen molar-refractivity contribution in [2.75, 3.05) is 6.61 Å². The summed E-state index contributed by atoms with van der Waals surface area (Å²) in [6.07, 6.45) is 1.37. The summed E-state index contributed by atoms with van der Waals surface area (Å²) >= 11 is 5.36. The van der Waals surface area contributed by atoms with Crippen LogP contribution in [0.3, 0.4) is 0 Å². The topological polar surface area (TPSA) is 80.6 Å². The van der Waals surface area contributed by atoms with Crippen LogP contribution in [-0.2, 0) is 9.53 Å². The SMILES string of the molecule is CCOC(=O)C1=C(c2ccccc2)NC(=S)NC1c1coc2ccccc2c1=O. The second kappa shape index (κ2) is 7.89. The number of hydrogen-bond acceptors (Lipinski definition) is 5. The lowest BCUT2D eigenvalue weighted by atomic mass is 9.93. The van der Waals surface area contributed by atoms with Crippen molar-refractivity contribution in [1.29, 1.82) is 0 Å². The van der Waals surface area contributed by atoms with E-state index in [1.165, 1.54) is 6.26 Å². The molecule has 29 heavy (non-hydrogen) atoms. The monoisotopic (exact) mass is 406 g/mol. The minimum absolute atomic E-state index is 0.202. The fraction of sp³-hybridized carbons (Fsp3) is 0.136. The fourth-order valence-electron chi connectivity index (χ4n) is 3.35. The maximum absolute atomic E-state index is 13.2. The average Bonchev–Trinajstić information content (AvgIpc) is 2.74. The molecule has 0 fully saturated rings. The molecule has 146 valence electrons. The van der Waals surface area contributed by atoms with Crippen molar-refractivity contribution < 1.29 is 13.9 Å². The van der Waals surface area contributed by atoms with Crippen LogP contribution < -0.4 is 16.1 Å². The van der Waals surface area contributed by atoms with Crippen molar-refractivity contribution in [3.05, 3.63) is 87.8 Å². The second-order valence-electron chi connectivity index (χ2n) is 6.42. The third kappa shape index (κ3) is 3.52. The Hall–Kier alpha value is -3.45. The lowest BCUT2D eigenvalue weighted by Gasteiger charge is -2.30. The molecule has 3 aromatic rings. The van der Waals surface area contributed by atoms with Gasteiger partial charge < -0.3 is 19.8 Å². The predicted octanol–water partition coefficient (Wildman–Crippen LogP) is 3.29. The van der Waals surface area contributed by atoms with Crippen molar-refractivity contribution in [1.82, 2.24) is 10.6 Å². The molecule has 1 aromatic heterocycles. The molecule has 0 bridgehead atoms. The van der Waals surface area contributed by atoms with Crippen LogP contribution in [0, 0.1) is 0 Å². The van der Waals surface area contributed by atoms with E-state index in [9.17, 15) is 9.59 Å². The number of hydrogen-bond donors (Lipinski definition) is 2. The molecular weight excluding hydrogens is 388 g/mol. The first-order chi connectivity index (χ1) is 14.1. The van der Waals surface area contributed by atoms with Gasteiger partial charge in [-0.3, -0.25) is 4.79 Å². The molecule has 2 aromatic carbocycles. The smallest absolute Gasteiger partial charge is 0.338 e. The number of rotatable bonds is 4. The number of carbonyl (C=O) groups excluding carboxylic acids is 1. The quantitative estimate of drug-likeness (QED) is 0.508. The number of ether oxygens (including phenoxy) is 1. The van der Waals surface area contributed by atoms with Gasteiger partial charge >= 0.3 is 5.97 Å². The second-order valence-corrected chi connectivity index (χ2v) is 6.83. The lowest BCUT2D eigenvalue weighted by molar-refractivity contribution is -0.138. The van der Waals surface area contributed by atoms with E-state index in [-0.39, 0.29) is 23.2 Å². The van der Waals surface area contributed by atoms with E-state index in [1.807, 2.05) is 30.3 Å². The van der Waals surface area contributed by atoms with Gasteiger partial charge in [-0.15, -0.1) is 0 Å². The van der Waals surface area contributed by atoms with Gasteiger partial charge in [-0.2, -0.15) is 0 Å². The van der Waals surface area contributed by atoms with Crippen LogP contribution in [0.15, 0.2) is 75.6 Å². The van der Waals surface area contributed by atoms with Gasteiger partial charge in [-0.1, -0.05) is 42.5 Å². The number of fused-ring (bicyclic) bond motifs is 1. The van der Waals surface area contributed by atoms with Crippen LogP contribution in [0.4, 0.5) is 0 Å². The highest BCUT2D eigenvalue weighted by molar-refractivity contribution is 7.80. The summed E-state index contributed by atoms with van der Waals surface area (Å²) in [4.78, 5) is 26.1. The highest BCUT2D eigenvalue weighted by atomic mass is 32.1. The molecular formula is C22H18N2O4S. The Morgan fingerprint density at radius 2 is 1.86 bits per heavy atom. The zero-order valence-corrected chi connectivity index (χ0v) is 16.4. The van der Waals surface area contributed by atoms with Gasteiger partial charge in [0.15, 0.2) is 10.5 Å². The normalized spacial score (nSPS) is 16.3. The molecule has 1 aliphatic heterocycles. The molecule has 0 spiro atoms. The van der Waals surface area contributed by atoms with Crippen LogP contribution in [0.1, 0.15) is 24.1 Å². The summed E-state index contributed by atoms with van der Waals surface area (Å²) < 4.78 is 11.0. The molecule has 6 nitrogen and oxygen atoms in total. The zero-order valence-electron chi connectivity index (χ0n) is 15.6. The van der Waals surface area contributed by atoms with Crippen molar-refractivity contribution in [3.63, 3.8) is 0 Å². The third-order valence-electron chi connectivity index (χ3n) is 4.65. The first-order valence-corrected chi connectivity index (χ1v) is 9.55. The molecule has 4 rings (SSSR count). The number of benzene rings is 2. The largest absolute Gasteiger partial charge is 0.464 e. The predicted molar refractivity (Wildman–Crippen MR) is 114 cm³/mol. The van der Waals surface area contributed by atoms with Gasteiger partial charge in [-0.05, 0) is 36.8 Å². The molecule has 0 saturated heterocycles. The van der Waals surface area contributed by atoms with Gasteiger partial charge in [-0.25, -0.2) is 4.79 Å². The van der Waals surface area contributed by atoms with Gasteiger partial charge in [0.05, 0.1) is 34.9 Å². The van der Waals surface area contributed by atoms with E-state index in [1.54, 1.807) is 31.2 Å². The summed E-state index contributed by atoms with van der Waals surface area (Å²) in [6, 6.07) is 15.5. The number of thiocarbonyl (C=S) groups is 1. The van der Waals surface area contributed by atoms with Crippen LogP contribution in [0.25, 0.3) is 16.7 Å². The first kappa shape index (κ1) is 18.9. The molecule has 7 heteroatoms. The maximum Gasteiger partial charge on any atom is 0.338 e. The van der Waals surface area contributed by atoms with E-state index in [0.29, 0.717) is 21.8 Å². The Labute approximate surface area is 172 Å². The van der Waals surface area contributed by atoms with Gasteiger partial charge in [0.1, 0.15) is 11.8 Å². The molecule has 1 aliphatic rings. The highest BCUT2D eigenvalue weighted by Crippen LogP contribution is 2.31. The summed E-state index contributed by atoms with van der Waals surface area (Å²) in [7, 11) is 0. The first-order valence-electron chi connectivity index (χ1n) is 9.14. The fourth-order valence-corrected chi connectivity index (χ4v) is 3.57. The van der Waals surface area contributed by atoms with E-state index in [4.69, 9.17) is 21.4 Å². The number of esters is 1. The Balaban J connectivity index is 1.95. The molecule has 0 amide bonds. The summed E-state index contributed by atoms with van der Waals surface area (Å²) in [5, 5.41) is 6.81. The summed E-state index contributed by atoms with van der Waals surface area (Å²) in [5.74, 6) is -0.536. The van der Waals surface area contributed by atoms with E-state index in [2.05, 4.69) is 10.6 Å². The minimum Gasteiger partial charge on any atom is -0.464 e. The molecule has 1 atom stereocenters. The Kier molecular flexibility index (Phi) is 5.14. The van der Waals surface area contributed by atoms with Crippen LogP contribution in [-0.4, -0.2) is 17.7 Å². The summed E-state index contributed by atoms with van der Waals surface area (Å²) in [5.41, 5.74) is 2.06. The van der Waals surface area contributed by atoms with E-state index >= 15 is 0 Å². The van der Waals surface area contributed by atoms with Gasteiger partial charge in [0.25, 0.3) is 0 Å². The Morgan fingerprint density at radius 1 is 1.14 bits per heavy atom. The molecule has 0 saturated carbocycles. The Bertz CT molecular complexity index is 1180. The summed E-state index contributed by atoms with van der Waals surface area (Å²) in [6.45, 7) is 1.93. The van der Waals surface area contributed by atoms with Crippen molar-refractivity contribution in [2.45, 2.75) is 13.0 Å². The minimum atomic E-state index is -0.807. The lowest BCUT2D eigenvalue weighted by Crippen LogP contribution is -2.46. The van der Waals surface area contributed by atoms with Gasteiger partial charge in [0.2, 0.25) is 0 Å². The van der Waals surface area contributed by atoms with Crippen LogP contribution in [0.2, 0.25) is 0 Å². The van der Waals surface area contributed by atoms with Crippen molar-refractivity contribution >= 4 is 40.0 Å². The molecule has 1 unspecified atom stereocenters.